The molecule has 4 rings (SSSR count). The smallest absolute Gasteiger partial charge is 0.276 e. The number of amides is 2. The first-order valence-electron chi connectivity index (χ1n) is 10.8. The highest BCUT2D eigenvalue weighted by atomic mass is 16.5. The standard InChI is InChI=1S/C23H30N4O4/c1-16-18(15-30-17-7-4-3-5-8-17)19(25-31-16)22(29)27-13-10-23(11-14-27)9-6-12-26(2)20(23)21(24)28/h3-5,7-8,20H,6,9-15H2,1-2H3,(H2,24,28)/t20-/m1/s1. The molecule has 2 aliphatic rings. The molecule has 0 bridgehead atoms. The highest BCUT2D eigenvalue weighted by Crippen LogP contribution is 2.44. The van der Waals surface area contributed by atoms with Crippen molar-refractivity contribution in [3.63, 3.8) is 0 Å². The lowest BCUT2D eigenvalue weighted by molar-refractivity contribution is -0.132. The fraction of sp³-hybridized carbons (Fsp3) is 0.522. The van der Waals surface area contributed by atoms with Crippen LogP contribution < -0.4 is 10.5 Å². The van der Waals surface area contributed by atoms with Gasteiger partial charge in [-0.15, -0.1) is 0 Å². The molecule has 0 aliphatic carbocycles. The Labute approximate surface area is 182 Å². The number of aryl methyl sites for hydroxylation is 1. The van der Waals surface area contributed by atoms with Crippen LogP contribution in [-0.2, 0) is 11.4 Å². The van der Waals surface area contributed by atoms with Gasteiger partial charge in [-0.05, 0) is 63.7 Å². The van der Waals surface area contributed by atoms with Crippen molar-refractivity contribution >= 4 is 11.8 Å². The third kappa shape index (κ3) is 4.17. The molecular weight excluding hydrogens is 396 g/mol. The molecule has 0 unspecified atom stereocenters. The third-order valence-electron chi connectivity index (χ3n) is 6.84. The molecule has 0 saturated carbocycles. The van der Waals surface area contributed by atoms with Crippen LogP contribution >= 0.6 is 0 Å². The van der Waals surface area contributed by atoms with Crippen LogP contribution in [0.25, 0.3) is 0 Å². The molecule has 0 radical (unpaired) electrons. The minimum absolute atomic E-state index is 0.154. The third-order valence-corrected chi connectivity index (χ3v) is 6.84. The van der Waals surface area contributed by atoms with Crippen LogP contribution in [0.3, 0.4) is 0 Å². The number of carbonyl (C=O) groups is 2. The summed E-state index contributed by atoms with van der Waals surface area (Å²) >= 11 is 0. The number of benzene rings is 1. The van der Waals surface area contributed by atoms with E-state index in [0.29, 0.717) is 30.1 Å². The van der Waals surface area contributed by atoms with Crippen molar-refractivity contribution in [1.29, 1.82) is 0 Å². The Morgan fingerprint density at radius 3 is 2.58 bits per heavy atom. The van der Waals surface area contributed by atoms with Gasteiger partial charge in [0.05, 0.1) is 11.6 Å². The average molecular weight is 427 g/mol. The van der Waals surface area contributed by atoms with Gasteiger partial charge >= 0.3 is 0 Å². The van der Waals surface area contributed by atoms with Gasteiger partial charge in [0.1, 0.15) is 18.1 Å². The molecule has 31 heavy (non-hydrogen) atoms. The average Bonchev–Trinajstić information content (AvgIpc) is 3.13. The predicted molar refractivity (Wildman–Crippen MR) is 114 cm³/mol. The number of piperidine rings is 2. The maximum absolute atomic E-state index is 13.2. The summed E-state index contributed by atoms with van der Waals surface area (Å²) in [6.07, 6.45) is 3.51. The molecule has 3 heterocycles. The molecule has 1 aromatic heterocycles. The van der Waals surface area contributed by atoms with Gasteiger partial charge in [0.25, 0.3) is 5.91 Å². The van der Waals surface area contributed by atoms with Gasteiger partial charge in [-0.25, -0.2) is 0 Å². The minimum atomic E-state index is -0.275. The molecule has 1 spiro atoms. The van der Waals surface area contributed by atoms with E-state index in [-0.39, 0.29) is 29.9 Å². The number of carbonyl (C=O) groups excluding carboxylic acids is 2. The maximum Gasteiger partial charge on any atom is 0.276 e. The molecule has 2 aromatic rings. The first-order chi connectivity index (χ1) is 14.9. The van der Waals surface area contributed by atoms with Gasteiger partial charge in [0.15, 0.2) is 5.69 Å². The van der Waals surface area contributed by atoms with Crippen molar-refractivity contribution in [2.75, 3.05) is 26.7 Å². The quantitative estimate of drug-likeness (QED) is 0.788. The van der Waals surface area contributed by atoms with Crippen molar-refractivity contribution in [2.24, 2.45) is 11.1 Å². The van der Waals surface area contributed by atoms with E-state index in [4.69, 9.17) is 15.0 Å². The zero-order valence-corrected chi connectivity index (χ0v) is 18.2. The molecule has 1 atom stereocenters. The van der Waals surface area contributed by atoms with Gasteiger partial charge < -0.3 is 19.9 Å². The number of likely N-dealkylation sites (tertiary alicyclic amines) is 2. The summed E-state index contributed by atoms with van der Waals surface area (Å²) in [7, 11) is 1.96. The summed E-state index contributed by atoms with van der Waals surface area (Å²) in [5, 5.41) is 4.03. The lowest BCUT2D eigenvalue weighted by Gasteiger charge is -2.51. The number of aromatic nitrogens is 1. The first kappa shape index (κ1) is 21.4. The Balaban J connectivity index is 1.45. The number of hydrogen-bond acceptors (Lipinski definition) is 6. The highest BCUT2D eigenvalue weighted by Gasteiger charge is 2.48. The molecule has 2 saturated heterocycles. The second-order valence-electron chi connectivity index (χ2n) is 8.71. The SMILES string of the molecule is Cc1onc(C(=O)N2CCC3(CCCN(C)[C@@H]3C(N)=O)CC2)c1COc1ccccc1. The molecule has 2 aliphatic heterocycles. The van der Waals surface area contributed by atoms with E-state index in [9.17, 15) is 9.59 Å². The fourth-order valence-electron chi connectivity index (χ4n) is 5.16. The number of likely N-dealkylation sites (N-methyl/N-ethyl adjacent to an activating group) is 1. The van der Waals surface area contributed by atoms with Crippen LogP contribution in [0.4, 0.5) is 0 Å². The second kappa shape index (κ2) is 8.70. The second-order valence-corrected chi connectivity index (χ2v) is 8.71. The summed E-state index contributed by atoms with van der Waals surface area (Å²) in [5.74, 6) is 0.878. The van der Waals surface area contributed by atoms with Crippen LogP contribution in [0.5, 0.6) is 5.75 Å². The Morgan fingerprint density at radius 2 is 1.90 bits per heavy atom. The zero-order chi connectivity index (χ0) is 22.0. The molecular formula is C23H30N4O4. The van der Waals surface area contributed by atoms with E-state index in [1.54, 1.807) is 11.8 Å². The number of rotatable bonds is 5. The van der Waals surface area contributed by atoms with Crippen LogP contribution in [0.15, 0.2) is 34.9 Å². The van der Waals surface area contributed by atoms with Crippen molar-refractivity contribution in [3.8, 4) is 5.75 Å². The van der Waals surface area contributed by atoms with Crippen LogP contribution in [0.2, 0.25) is 0 Å². The Hall–Kier alpha value is -2.87. The Kier molecular flexibility index (Phi) is 6.00. The van der Waals surface area contributed by atoms with Gasteiger partial charge in [0, 0.05) is 13.1 Å². The number of hydrogen-bond donors (Lipinski definition) is 1. The number of para-hydroxylation sites is 1. The number of ether oxygens (including phenoxy) is 1. The summed E-state index contributed by atoms with van der Waals surface area (Å²) in [6.45, 7) is 4.02. The van der Waals surface area contributed by atoms with Crippen molar-refractivity contribution in [2.45, 2.75) is 45.3 Å². The van der Waals surface area contributed by atoms with E-state index in [1.807, 2.05) is 37.4 Å². The van der Waals surface area contributed by atoms with E-state index < -0.39 is 0 Å². The maximum atomic E-state index is 13.2. The number of nitrogens with two attached hydrogens (primary N) is 1. The van der Waals surface area contributed by atoms with Crippen LogP contribution in [0, 0.1) is 12.3 Å². The summed E-state index contributed by atoms with van der Waals surface area (Å²) in [4.78, 5) is 29.3. The van der Waals surface area contributed by atoms with E-state index in [1.165, 1.54) is 0 Å². The monoisotopic (exact) mass is 426 g/mol. The predicted octanol–water partition coefficient (Wildman–Crippen LogP) is 2.36. The zero-order valence-electron chi connectivity index (χ0n) is 18.2. The lowest BCUT2D eigenvalue weighted by atomic mass is 9.66. The Morgan fingerprint density at radius 1 is 1.19 bits per heavy atom. The van der Waals surface area contributed by atoms with Crippen LogP contribution in [0.1, 0.15) is 47.5 Å². The lowest BCUT2D eigenvalue weighted by Crippen LogP contribution is -2.60. The molecule has 8 heteroatoms. The molecule has 2 amide bonds. The molecule has 166 valence electrons. The minimum Gasteiger partial charge on any atom is -0.489 e. The Bertz CT molecular complexity index is 934. The first-order valence-corrected chi connectivity index (χ1v) is 10.8. The number of nitrogens with zero attached hydrogens (tertiary/aromatic N) is 3. The van der Waals surface area contributed by atoms with Crippen molar-refractivity contribution in [1.82, 2.24) is 15.0 Å². The van der Waals surface area contributed by atoms with E-state index >= 15 is 0 Å². The number of primary amides is 1. The molecule has 2 fully saturated rings. The topological polar surface area (TPSA) is 102 Å². The van der Waals surface area contributed by atoms with Gasteiger partial charge in [-0.2, -0.15) is 0 Å². The van der Waals surface area contributed by atoms with Crippen molar-refractivity contribution < 1.29 is 18.8 Å². The van der Waals surface area contributed by atoms with Crippen molar-refractivity contribution in [3.05, 3.63) is 47.3 Å². The van der Waals surface area contributed by atoms with Gasteiger partial charge in [0.2, 0.25) is 5.91 Å². The largest absolute Gasteiger partial charge is 0.489 e. The molecule has 2 N–H and O–H groups in total. The summed E-state index contributed by atoms with van der Waals surface area (Å²) in [5.41, 5.74) is 6.57. The molecule has 8 nitrogen and oxygen atoms in total. The van der Waals surface area contributed by atoms with Crippen LogP contribution in [-0.4, -0.2) is 59.5 Å². The molecule has 1 aromatic carbocycles. The summed E-state index contributed by atoms with van der Waals surface area (Å²) < 4.78 is 11.1. The fourth-order valence-corrected chi connectivity index (χ4v) is 5.16. The van der Waals surface area contributed by atoms with E-state index in [2.05, 4.69) is 10.1 Å². The highest BCUT2D eigenvalue weighted by molar-refractivity contribution is 5.94. The normalized spacial score (nSPS) is 21.2. The van der Waals surface area contributed by atoms with Gasteiger partial charge in [-0.1, -0.05) is 23.4 Å². The van der Waals surface area contributed by atoms with Gasteiger partial charge in [-0.3, -0.25) is 14.5 Å². The summed E-state index contributed by atoms with van der Waals surface area (Å²) in [6, 6.07) is 9.17. The van der Waals surface area contributed by atoms with E-state index in [0.717, 1.165) is 38.0 Å².